The van der Waals surface area contributed by atoms with Crippen molar-refractivity contribution in [2.75, 3.05) is 19.6 Å². The van der Waals surface area contributed by atoms with Gasteiger partial charge in [0.05, 0.1) is 0 Å². The zero-order valence-electron chi connectivity index (χ0n) is 12.8. The second-order valence-electron chi connectivity index (χ2n) is 5.68. The van der Waals surface area contributed by atoms with E-state index in [1.54, 1.807) is 0 Å². The van der Waals surface area contributed by atoms with Crippen LogP contribution in [-0.4, -0.2) is 41.6 Å². The SMILES string of the molecule is CCCN1CCC(NCc2ccc(C(N)=NO)cc2)CC1. The van der Waals surface area contributed by atoms with Gasteiger partial charge in [-0.05, 0) is 44.5 Å². The third-order valence-electron chi connectivity index (χ3n) is 4.08. The molecule has 1 saturated heterocycles. The first-order valence-electron chi connectivity index (χ1n) is 7.75. The van der Waals surface area contributed by atoms with Crippen molar-refractivity contribution < 1.29 is 5.21 Å². The minimum absolute atomic E-state index is 0.151. The maximum absolute atomic E-state index is 8.64. The Hall–Kier alpha value is -1.59. The van der Waals surface area contributed by atoms with Crippen molar-refractivity contribution in [1.29, 1.82) is 0 Å². The highest BCUT2D eigenvalue weighted by atomic mass is 16.4. The van der Waals surface area contributed by atoms with E-state index in [1.165, 1.54) is 44.5 Å². The molecule has 116 valence electrons. The fourth-order valence-corrected chi connectivity index (χ4v) is 2.79. The lowest BCUT2D eigenvalue weighted by Gasteiger charge is -2.32. The highest BCUT2D eigenvalue weighted by molar-refractivity contribution is 5.96. The molecule has 0 amide bonds. The molecule has 0 radical (unpaired) electrons. The number of piperidine rings is 1. The molecule has 0 saturated carbocycles. The van der Waals surface area contributed by atoms with Crippen LogP contribution in [0.25, 0.3) is 0 Å². The number of benzene rings is 1. The fourth-order valence-electron chi connectivity index (χ4n) is 2.79. The smallest absolute Gasteiger partial charge is 0.170 e. The number of rotatable bonds is 6. The molecule has 0 unspecified atom stereocenters. The van der Waals surface area contributed by atoms with Crippen LogP contribution in [0.1, 0.15) is 37.3 Å². The zero-order valence-corrected chi connectivity index (χ0v) is 12.8. The van der Waals surface area contributed by atoms with Crippen molar-refractivity contribution in [3.8, 4) is 0 Å². The van der Waals surface area contributed by atoms with Gasteiger partial charge in [0.15, 0.2) is 5.84 Å². The summed E-state index contributed by atoms with van der Waals surface area (Å²) < 4.78 is 0. The normalized spacial score (nSPS) is 18.0. The molecule has 1 aliphatic rings. The summed E-state index contributed by atoms with van der Waals surface area (Å²) in [5, 5.41) is 15.3. The van der Waals surface area contributed by atoms with Crippen LogP contribution in [-0.2, 0) is 6.54 Å². The summed E-state index contributed by atoms with van der Waals surface area (Å²) in [6, 6.07) is 8.42. The van der Waals surface area contributed by atoms with Gasteiger partial charge in [-0.3, -0.25) is 0 Å². The molecule has 1 aromatic rings. The molecule has 2 rings (SSSR count). The van der Waals surface area contributed by atoms with Crippen LogP contribution in [0.4, 0.5) is 0 Å². The van der Waals surface area contributed by atoms with Gasteiger partial charge >= 0.3 is 0 Å². The van der Waals surface area contributed by atoms with E-state index < -0.39 is 0 Å². The molecule has 4 N–H and O–H groups in total. The molecule has 0 spiro atoms. The number of nitrogens with one attached hydrogen (secondary N) is 1. The third-order valence-corrected chi connectivity index (χ3v) is 4.08. The number of likely N-dealkylation sites (tertiary alicyclic amines) is 1. The second-order valence-corrected chi connectivity index (χ2v) is 5.68. The van der Waals surface area contributed by atoms with Crippen molar-refractivity contribution in [3.63, 3.8) is 0 Å². The monoisotopic (exact) mass is 290 g/mol. The van der Waals surface area contributed by atoms with Crippen molar-refractivity contribution in [1.82, 2.24) is 10.2 Å². The molecule has 1 aliphatic heterocycles. The first kappa shape index (κ1) is 15.8. The molecule has 1 fully saturated rings. The van der Waals surface area contributed by atoms with E-state index in [-0.39, 0.29) is 5.84 Å². The predicted molar refractivity (Wildman–Crippen MR) is 85.5 cm³/mol. The summed E-state index contributed by atoms with van der Waals surface area (Å²) in [5.74, 6) is 0.151. The van der Waals surface area contributed by atoms with Gasteiger partial charge in [-0.1, -0.05) is 36.3 Å². The standard InChI is InChI=1S/C16H26N4O/c1-2-9-20-10-7-15(8-11-20)18-12-13-3-5-14(6-4-13)16(17)19-21/h3-6,15,18,21H,2,7-12H2,1H3,(H2,17,19). The maximum Gasteiger partial charge on any atom is 0.170 e. The van der Waals surface area contributed by atoms with Crippen LogP contribution in [0.5, 0.6) is 0 Å². The molecule has 1 aromatic carbocycles. The number of oxime groups is 1. The van der Waals surface area contributed by atoms with E-state index in [0.717, 1.165) is 12.1 Å². The number of nitrogens with two attached hydrogens (primary N) is 1. The van der Waals surface area contributed by atoms with Crippen molar-refractivity contribution in [2.24, 2.45) is 10.9 Å². The van der Waals surface area contributed by atoms with Crippen molar-refractivity contribution >= 4 is 5.84 Å². The summed E-state index contributed by atoms with van der Waals surface area (Å²) >= 11 is 0. The first-order chi connectivity index (χ1) is 10.2. The van der Waals surface area contributed by atoms with E-state index >= 15 is 0 Å². The lowest BCUT2D eigenvalue weighted by molar-refractivity contribution is 0.197. The average Bonchev–Trinajstić information content (AvgIpc) is 2.54. The van der Waals surface area contributed by atoms with Crippen LogP contribution in [0.3, 0.4) is 0 Å². The van der Waals surface area contributed by atoms with Crippen LogP contribution >= 0.6 is 0 Å². The summed E-state index contributed by atoms with van der Waals surface area (Å²) in [4.78, 5) is 2.55. The molecular formula is C16H26N4O. The van der Waals surface area contributed by atoms with Gasteiger partial charge in [0, 0.05) is 18.2 Å². The van der Waals surface area contributed by atoms with E-state index in [1.807, 2.05) is 24.3 Å². The van der Waals surface area contributed by atoms with Gasteiger partial charge in [-0.15, -0.1) is 0 Å². The Balaban J connectivity index is 1.76. The Morgan fingerprint density at radius 1 is 1.33 bits per heavy atom. The molecule has 0 aliphatic carbocycles. The lowest BCUT2D eigenvalue weighted by atomic mass is 10.0. The number of hydrogen-bond acceptors (Lipinski definition) is 4. The molecule has 0 aromatic heterocycles. The van der Waals surface area contributed by atoms with Gasteiger partial charge in [0.25, 0.3) is 0 Å². The summed E-state index contributed by atoms with van der Waals surface area (Å²) in [7, 11) is 0. The molecule has 5 nitrogen and oxygen atoms in total. The molecule has 0 atom stereocenters. The van der Waals surface area contributed by atoms with Gasteiger partial charge in [-0.25, -0.2) is 0 Å². The summed E-state index contributed by atoms with van der Waals surface area (Å²) in [5.41, 5.74) is 7.52. The maximum atomic E-state index is 8.64. The summed E-state index contributed by atoms with van der Waals surface area (Å²) in [6.45, 7) is 6.74. The minimum atomic E-state index is 0.151. The Morgan fingerprint density at radius 2 is 2.00 bits per heavy atom. The summed E-state index contributed by atoms with van der Waals surface area (Å²) in [6.07, 6.45) is 3.69. The van der Waals surface area contributed by atoms with E-state index in [2.05, 4.69) is 22.3 Å². The van der Waals surface area contributed by atoms with E-state index in [4.69, 9.17) is 10.9 Å². The van der Waals surface area contributed by atoms with Crippen molar-refractivity contribution in [2.45, 2.75) is 38.8 Å². The lowest BCUT2D eigenvalue weighted by Crippen LogP contribution is -2.42. The van der Waals surface area contributed by atoms with Crippen LogP contribution in [0.15, 0.2) is 29.4 Å². The molecule has 21 heavy (non-hydrogen) atoms. The van der Waals surface area contributed by atoms with Gasteiger partial charge < -0.3 is 21.2 Å². The Morgan fingerprint density at radius 3 is 2.57 bits per heavy atom. The van der Waals surface area contributed by atoms with Gasteiger partial charge in [0.2, 0.25) is 0 Å². The largest absolute Gasteiger partial charge is 0.409 e. The molecular weight excluding hydrogens is 264 g/mol. The Bertz CT molecular complexity index is 450. The van der Waals surface area contributed by atoms with Gasteiger partial charge in [0.1, 0.15) is 0 Å². The Kier molecular flexibility index (Phi) is 6.02. The van der Waals surface area contributed by atoms with Crippen LogP contribution in [0.2, 0.25) is 0 Å². The van der Waals surface area contributed by atoms with Crippen LogP contribution < -0.4 is 11.1 Å². The average molecular weight is 290 g/mol. The van der Waals surface area contributed by atoms with Crippen molar-refractivity contribution in [3.05, 3.63) is 35.4 Å². The predicted octanol–water partition coefficient (Wildman–Crippen LogP) is 1.75. The topological polar surface area (TPSA) is 73.9 Å². The quantitative estimate of drug-likeness (QED) is 0.323. The highest BCUT2D eigenvalue weighted by Gasteiger charge is 2.17. The molecule has 0 bridgehead atoms. The molecule has 1 heterocycles. The highest BCUT2D eigenvalue weighted by Crippen LogP contribution is 2.12. The molecule has 5 heteroatoms. The third kappa shape index (κ3) is 4.72. The fraction of sp³-hybridized carbons (Fsp3) is 0.562. The first-order valence-corrected chi connectivity index (χ1v) is 7.75. The number of hydrogen-bond donors (Lipinski definition) is 3. The van der Waals surface area contributed by atoms with Gasteiger partial charge in [-0.2, -0.15) is 0 Å². The number of nitrogens with zero attached hydrogens (tertiary/aromatic N) is 2. The van der Waals surface area contributed by atoms with E-state index in [9.17, 15) is 0 Å². The van der Waals surface area contributed by atoms with Crippen LogP contribution in [0, 0.1) is 0 Å². The Labute approximate surface area is 126 Å². The minimum Gasteiger partial charge on any atom is -0.409 e. The van der Waals surface area contributed by atoms with E-state index in [0.29, 0.717) is 6.04 Å². The number of amidine groups is 1. The second kappa shape index (κ2) is 8.00. The zero-order chi connectivity index (χ0) is 15.1.